The number of carbonyl (C=O) groups excluding carboxylic acids is 2. The van der Waals surface area contributed by atoms with Gasteiger partial charge in [-0.2, -0.15) is 0 Å². The first-order valence-corrected chi connectivity index (χ1v) is 29.8. The molecule has 2 unspecified atom stereocenters. The number of unbranched alkanes of at least 4 members (excludes halogenated alkanes) is 45. The maximum Gasteiger partial charge on any atom is 0.305 e. The number of carbonyl (C=O) groups is 2. The molecule has 0 aliphatic rings. The fraction of sp³-hybridized carbons (Fsp3) is 0.966. The second-order valence-corrected chi connectivity index (χ2v) is 20.7. The third-order valence-electron chi connectivity index (χ3n) is 14.2. The summed E-state index contributed by atoms with van der Waals surface area (Å²) >= 11 is 0. The number of hydrogen-bond donors (Lipinski definition) is 3. The van der Waals surface area contributed by atoms with E-state index in [0.717, 1.165) is 44.9 Å². The largest absolute Gasteiger partial charge is 0.466 e. The molecule has 388 valence electrons. The zero-order valence-electron chi connectivity index (χ0n) is 44.3. The molecule has 0 aliphatic heterocycles. The first kappa shape index (κ1) is 63.9. The third-order valence-corrected chi connectivity index (χ3v) is 14.2. The van der Waals surface area contributed by atoms with E-state index in [9.17, 15) is 19.8 Å². The van der Waals surface area contributed by atoms with Crippen molar-refractivity contribution in [1.29, 1.82) is 0 Å². The van der Waals surface area contributed by atoms with Gasteiger partial charge >= 0.3 is 5.97 Å². The lowest BCUT2D eigenvalue weighted by Crippen LogP contribution is -2.45. The molecule has 0 spiro atoms. The molecule has 0 heterocycles. The minimum absolute atomic E-state index is 0.00533. The molecule has 1 amide bonds. The highest BCUT2D eigenvalue weighted by Crippen LogP contribution is 2.18. The molecular weight excluding hydrogens is 803 g/mol. The Bertz CT molecular complexity index is 928. The van der Waals surface area contributed by atoms with Crippen LogP contribution in [0.2, 0.25) is 0 Å². The van der Waals surface area contributed by atoms with Gasteiger partial charge in [0.2, 0.25) is 5.91 Å². The van der Waals surface area contributed by atoms with Crippen LogP contribution in [0, 0.1) is 0 Å². The molecule has 0 aromatic carbocycles. The summed E-state index contributed by atoms with van der Waals surface area (Å²) in [7, 11) is 0. The molecular formula is C59H117NO5. The number of ether oxygens (including phenoxy) is 1. The maximum absolute atomic E-state index is 12.5. The van der Waals surface area contributed by atoms with Gasteiger partial charge in [-0.1, -0.05) is 303 Å². The highest BCUT2D eigenvalue weighted by atomic mass is 16.5. The Labute approximate surface area is 406 Å². The number of rotatable bonds is 56. The van der Waals surface area contributed by atoms with Crippen molar-refractivity contribution in [2.45, 2.75) is 353 Å². The molecule has 0 bridgehead atoms. The Hall–Kier alpha value is -1.14. The molecule has 0 aromatic rings. The normalized spacial score (nSPS) is 12.5. The smallest absolute Gasteiger partial charge is 0.305 e. The Morgan fingerprint density at radius 1 is 0.369 bits per heavy atom. The topological polar surface area (TPSA) is 95.9 Å². The molecule has 0 saturated heterocycles. The summed E-state index contributed by atoms with van der Waals surface area (Å²) in [5, 5.41) is 23.3. The molecule has 0 fully saturated rings. The standard InChI is InChI=1S/C59H117NO5/c1-3-5-7-9-11-13-15-17-19-21-23-27-31-35-39-43-47-51-57(62)56(55-61)60-58(63)52-48-44-40-36-32-28-24-22-26-30-34-38-42-46-50-54-65-59(64)53-49-45-41-37-33-29-25-20-18-16-14-12-10-8-6-4-2/h56-57,61-62H,3-55H2,1-2H3,(H,60,63). The Kier molecular flexibility index (Phi) is 54.5. The molecule has 0 rings (SSSR count). The highest BCUT2D eigenvalue weighted by molar-refractivity contribution is 5.76. The van der Waals surface area contributed by atoms with Crippen molar-refractivity contribution in [1.82, 2.24) is 5.32 Å². The van der Waals surface area contributed by atoms with Crippen LogP contribution in [-0.4, -0.2) is 47.4 Å². The zero-order chi connectivity index (χ0) is 47.2. The molecule has 0 aliphatic carbocycles. The second kappa shape index (κ2) is 55.5. The van der Waals surface area contributed by atoms with E-state index >= 15 is 0 Å². The van der Waals surface area contributed by atoms with Gasteiger partial charge in [0.15, 0.2) is 0 Å². The van der Waals surface area contributed by atoms with Gasteiger partial charge in [-0.05, 0) is 25.7 Å². The van der Waals surface area contributed by atoms with Gasteiger partial charge in [-0.3, -0.25) is 9.59 Å². The van der Waals surface area contributed by atoms with Gasteiger partial charge in [0.25, 0.3) is 0 Å². The minimum atomic E-state index is -0.669. The first-order chi connectivity index (χ1) is 32.0. The number of nitrogens with one attached hydrogen (secondary N) is 1. The van der Waals surface area contributed by atoms with Crippen molar-refractivity contribution in [3.63, 3.8) is 0 Å². The Balaban J connectivity index is 3.40. The van der Waals surface area contributed by atoms with Crippen LogP contribution in [0.3, 0.4) is 0 Å². The lowest BCUT2D eigenvalue weighted by atomic mass is 10.0. The van der Waals surface area contributed by atoms with Gasteiger partial charge in [-0.25, -0.2) is 0 Å². The third kappa shape index (κ3) is 52.1. The SMILES string of the molecule is CCCCCCCCCCCCCCCCCCCC(O)C(CO)NC(=O)CCCCCCCCCCCCCCCCCOC(=O)CCCCCCCCCCCCCCCCCC. The van der Waals surface area contributed by atoms with Crippen molar-refractivity contribution in [2.24, 2.45) is 0 Å². The summed E-state index contributed by atoms with van der Waals surface area (Å²) in [6, 6.07) is -0.547. The lowest BCUT2D eigenvalue weighted by molar-refractivity contribution is -0.143. The van der Waals surface area contributed by atoms with Crippen LogP contribution in [-0.2, 0) is 14.3 Å². The predicted octanol–water partition coefficient (Wildman–Crippen LogP) is 18.3. The van der Waals surface area contributed by atoms with E-state index in [-0.39, 0.29) is 18.5 Å². The van der Waals surface area contributed by atoms with Gasteiger partial charge in [0, 0.05) is 12.8 Å². The van der Waals surface area contributed by atoms with Crippen molar-refractivity contribution < 1.29 is 24.5 Å². The number of aliphatic hydroxyl groups excluding tert-OH is 2. The molecule has 0 radical (unpaired) electrons. The van der Waals surface area contributed by atoms with Crippen molar-refractivity contribution >= 4 is 11.9 Å². The van der Waals surface area contributed by atoms with E-state index < -0.39 is 12.1 Å². The van der Waals surface area contributed by atoms with Crippen molar-refractivity contribution in [2.75, 3.05) is 13.2 Å². The second-order valence-electron chi connectivity index (χ2n) is 20.7. The van der Waals surface area contributed by atoms with Crippen LogP contribution in [0.25, 0.3) is 0 Å². The van der Waals surface area contributed by atoms with Crippen molar-refractivity contribution in [3.8, 4) is 0 Å². The average molecular weight is 921 g/mol. The van der Waals surface area contributed by atoms with Crippen LogP contribution < -0.4 is 5.32 Å². The van der Waals surface area contributed by atoms with E-state index in [2.05, 4.69) is 19.2 Å². The van der Waals surface area contributed by atoms with Gasteiger partial charge < -0.3 is 20.3 Å². The molecule has 6 heteroatoms. The molecule has 2 atom stereocenters. The monoisotopic (exact) mass is 920 g/mol. The van der Waals surface area contributed by atoms with Crippen molar-refractivity contribution in [3.05, 3.63) is 0 Å². The zero-order valence-corrected chi connectivity index (χ0v) is 44.3. The average Bonchev–Trinajstić information content (AvgIpc) is 3.31. The number of amides is 1. The van der Waals surface area contributed by atoms with Crippen LogP contribution in [0.15, 0.2) is 0 Å². The molecule has 6 nitrogen and oxygen atoms in total. The first-order valence-electron chi connectivity index (χ1n) is 29.8. The Morgan fingerprint density at radius 3 is 0.938 bits per heavy atom. The van der Waals surface area contributed by atoms with E-state index in [1.807, 2.05) is 0 Å². The fourth-order valence-corrected chi connectivity index (χ4v) is 9.58. The summed E-state index contributed by atoms with van der Waals surface area (Å²) in [5.41, 5.74) is 0. The van der Waals surface area contributed by atoms with E-state index in [4.69, 9.17) is 4.74 Å². The van der Waals surface area contributed by atoms with Crippen LogP contribution >= 0.6 is 0 Å². The summed E-state index contributed by atoms with van der Waals surface area (Å²) < 4.78 is 5.49. The molecule has 3 N–H and O–H groups in total. The summed E-state index contributed by atoms with van der Waals surface area (Å²) in [4.78, 5) is 24.6. The highest BCUT2D eigenvalue weighted by Gasteiger charge is 2.20. The van der Waals surface area contributed by atoms with E-state index in [0.29, 0.717) is 25.9 Å². The number of esters is 1. The van der Waals surface area contributed by atoms with E-state index in [1.165, 1.54) is 263 Å². The van der Waals surface area contributed by atoms with Gasteiger partial charge in [0.1, 0.15) is 0 Å². The Morgan fingerprint density at radius 2 is 0.631 bits per heavy atom. The van der Waals surface area contributed by atoms with Crippen LogP contribution in [0.5, 0.6) is 0 Å². The lowest BCUT2D eigenvalue weighted by Gasteiger charge is -2.22. The summed E-state index contributed by atoms with van der Waals surface area (Å²) in [6.45, 7) is 4.97. The van der Waals surface area contributed by atoms with E-state index in [1.54, 1.807) is 0 Å². The summed E-state index contributed by atoms with van der Waals surface area (Å²) in [5.74, 6) is -0.0344. The fourth-order valence-electron chi connectivity index (χ4n) is 9.58. The maximum atomic E-state index is 12.5. The van der Waals surface area contributed by atoms with Crippen LogP contribution in [0.1, 0.15) is 341 Å². The molecule has 0 aromatic heterocycles. The molecule has 0 saturated carbocycles. The summed E-state index contributed by atoms with van der Waals surface area (Å²) in [6.07, 6.45) is 63.8. The minimum Gasteiger partial charge on any atom is -0.466 e. The van der Waals surface area contributed by atoms with Gasteiger partial charge in [-0.15, -0.1) is 0 Å². The quantitative estimate of drug-likeness (QED) is 0.0417. The number of aliphatic hydroxyl groups is 2. The molecule has 65 heavy (non-hydrogen) atoms. The van der Waals surface area contributed by atoms with Crippen LogP contribution in [0.4, 0.5) is 0 Å². The predicted molar refractivity (Wildman–Crippen MR) is 283 cm³/mol. The van der Waals surface area contributed by atoms with Gasteiger partial charge in [0.05, 0.1) is 25.4 Å². The number of hydrogen-bond acceptors (Lipinski definition) is 5.